The first kappa shape index (κ1) is 14.1. The van der Waals surface area contributed by atoms with E-state index in [1.54, 1.807) is 12.1 Å². The minimum Gasteiger partial charge on any atom is -0.396 e. The van der Waals surface area contributed by atoms with Gasteiger partial charge in [-0.05, 0) is 50.3 Å². The Labute approximate surface area is 102 Å². The van der Waals surface area contributed by atoms with Crippen molar-refractivity contribution in [3.63, 3.8) is 0 Å². The van der Waals surface area contributed by atoms with E-state index >= 15 is 0 Å². The van der Waals surface area contributed by atoms with Crippen LogP contribution in [-0.4, -0.2) is 24.4 Å². The maximum absolute atomic E-state index is 12.7. The molecule has 2 nitrogen and oxygen atoms in total. The van der Waals surface area contributed by atoms with Crippen molar-refractivity contribution < 1.29 is 14.2 Å². The molecule has 0 aliphatic carbocycles. The Hall–Kier alpha value is -0.930. The van der Waals surface area contributed by atoms with Crippen LogP contribution >= 0.6 is 0 Å². The van der Waals surface area contributed by atoms with Gasteiger partial charge in [-0.1, -0.05) is 12.1 Å². The molecule has 1 aromatic carbocycles. The summed E-state index contributed by atoms with van der Waals surface area (Å²) in [6.07, 6.45) is 1.81. The Morgan fingerprint density at radius 1 is 1.24 bits per heavy atom. The second-order valence-electron chi connectivity index (χ2n) is 4.59. The summed E-state index contributed by atoms with van der Waals surface area (Å²) in [5, 5.41) is 9.28. The van der Waals surface area contributed by atoms with Crippen molar-refractivity contribution in [3.8, 4) is 0 Å². The van der Waals surface area contributed by atoms with E-state index in [1.807, 2.05) is 13.8 Å². The fourth-order valence-corrected chi connectivity index (χ4v) is 1.68. The third kappa shape index (κ3) is 5.80. The maximum atomic E-state index is 12.7. The third-order valence-electron chi connectivity index (χ3n) is 2.67. The molecule has 0 heterocycles. The van der Waals surface area contributed by atoms with E-state index in [-0.39, 0.29) is 24.4 Å². The van der Waals surface area contributed by atoms with Crippen LogP contribution in [0.2, 0.25) is 0 Å². The molecule has 1 rings (SSSR count). The normalized spacial score (nSPS) is 13.0. The average molecular weight is 240 g/mol. The topological polar surface area (TPSA) is 29.5 Å². The standard InChI is InChI=1S/C14H21FO2/c1-11(2)17-8-7-13(10-16)9-12-3-5-14(15)6-4-12/h3-6,11,13,16H,7-10H2,1-2H3. The molecular formula is C14H21FO2. The zero-order chi connectivity index (χ0) is 12.7. The van der Waals surface area contributed by atoms with Gasteiger partial charge in [-0.15, -0.1) is 0 Å². The van der Waals surface area contributed by atoms with Crippen molar-refractivity contribution >= 4 is 0 Å². The van der Waals surface area contributed by atoms with E-state index in [0.29, 0.717) is 6.61 Å². The van der Waals surface area contributed by atoms with Gasteiger partial charge in [0.05, 0.1) is 6.10 Å². The zero-order valence-corrected chi connectivity index (χ0v) is 10.5. The van der Waals surface area contributed by atoms with Gasteiger partial charge in [0.25, 0.3) is 0 Å². The number of halogens is 1. The van der Waals surface area contributed by atoms with Gasteiger partial charge in [0.2, 0.25) is 0 Å². The first-order valence-electron chi connectivity index (χ1n) is 6.08. The molecule has 0 saturated carbocycles. The van der Waals surface area contributed by atoms with Crippen LogP contribution in [0.25, 0.3) is 0 Å². The lowest BCUT2D eigenvalue weighted by Crippen LogP contribution is -2.14. The van der Waals surface area contributed by atoms with Crippen molar-refractivity contribution in [2.45, 2.75) is 32.8 Å². The smallest absolute Gasteiger partial charge is 0.123 e. The van der Waals surface area contributed by atoms with Crippen molar-refractivity contribution in [1.29, 1.82) is 0 Å². The Morgan fingerprint density at radius 2 is 1.88 bits per heavy atom. The Morgan fingerprint density at radius 3 is 2.41 bits per heavy atom. The molecule has 1 unspecified atom stereocenters. The molecular weight excluding hydrogens is 219 g/mol. The van der Waals surface area contributed by atoms with E-state index in [0.717, 1.165) is 18.4 Å². The Balaban J connectivity index is 2.38. The first-order chi connectivity index (χ1) is 8.11. The van der Waals surface area contributed by atoms with Crippen molar-refractivity contribution in [1.82, 2.24) is 0 Å². The summed E-state index contributed by atoms with van der Waals surface area (Å²) in [7, 11) is 0. The lowest BCUT2D eigenvalue weighted by Gasteiger charge is -2.15. The fraction of sp³-hybridized carbons (Fsp3) is 0.571. The summed E-state index contributed by atoms with van der Waals surface area (Å²) >= 11 is 0. The summed E-state index contributed by atoms with van der Waals surface area (Å²) < 4.78 is 18.2. The van der Waals surface area contributed by atoms with Gasteiger partial charge in [-0.2, -0.15) is 0 Å². The summed E-state index contributed by atoms with van der Waals surface area (Å²) in [6, 6.07) is 6.44. The van der Waals surface area contributed by atoms with Crippen LogP contribution in [0.4, 0.5) is 4.39 Å². The predicted molar refractivity (Wildman–Crippen MR) is 66.4 cm³/mol. The van der Waals surface area contributed by atoms with Crippen LogP contribution in [-0.2, 0) is 11.2 Å². The largest absolute Gasteiger partial charge is 0.396 e. The number of hydrogen-bond donors (Lipinski definition) is 1. The minimum atomic E-state index is -0.225. The van der Waals surface area contributed by atoms with Gasteiger partial charge in [0.1, 0.15) is 5.82 Å². The molecule has 17 heavy (non-hydrogen) atoms. The molecule has 1 N–H and O–H groups in total. The van der Waals surface area contributed by atoms with E-state index < -0.39 is 0 Å². The highest BCUT2D eigenvalue weighted by molar-refractivity contribution is 5.16. The van der Waals surface area contributed by atoms with E-state index in [2.05, 4.69) is 0 Å². The molecule has 0 fully saturated rings. The van der Waals surface area contributed by atoms with Gasteiger partial charge >= 0.3 is 0 Å². The molecule has 0 bridgehead atoms. The molecule has 0 amide bonds. The molecule has 0 saturated heterocycles. The van der Waals surface area contributed by atoms with Crippen LogP contribution in [0, 0.1) is 11.7 Å². The molecule has 96 valence electrons. The van der Waals surface area contributed by atoms with E-state index in [9.17, 15) is 9.50 Å². The highest BCUT2D eigenvalue weighted by Gasteiger charge is 2.09. The van der Waals surface area contributed by atoms with Crippen molar-refractivity contribution in [2.24, 2.45) is 5.92 Å². The number of aliphatic hydroxyl groups excluding tert-OH is 1. The van der Waals surface area contributed by atoms with Gasteiger partial charge in [0.15, 0.2) is 0 Å². The number of ether oxygens (including phenoxy) is 1. The number of aliphatic hydroxyl groups is 1. The van der Waals surface area contributed by atoms with Gasteiger partial charge in [0, 0.05) is 13.2 Å². The quantitative estimate of drug-likeness (QED) is 0.794. The lowest BCUT2D eigenvalue weighted by atomic mass is 9.97. The van der Waals surface area contributed by atoms with Crippen molar-refractivity contribution in [2.75, 3.05) is 13.2 Å². The summed E-state index contributed by atoms with van der Waals surface area (Å²) in [5.74, 6) is -0.0448. The van der Waals surface area contributed by atoms with Crippen LogP contribution in [0.15, 0.2) is 24.3 Å². The highest BCUT2D eigenvalue weighted by Crippen LogP contribution is 2.13. The lowest BCUT2D eigenvalue weighted by molar-refractivity contribution is 0.0612. The average Bonchev–Trinajstić information content (AvgIpc) is 2.30. The van der Waals surface area contributed by atoms with Crippen LogP contribution in [0.3, 0.4) is 0 Å². The summed E-state index contributed by atoms with van der Waals surface area (Å²) in [5.41, 5.74) is 1.05. The Bertz CT molecular complexity index is 309. The molecule has 1 aromatic rings. The van der Waals surface area contributed by atoms with Crippen LogP contribution in [0.1, 0.15) is 25.8 Å². The first-order valence-corrected chi connectivity index (χ1v) is 6.08. The molecule has 1 atom stereocenters. The summed E-state index contributed by atoms with van der Waals surface area (Å²) in [6.45, 7) is 4.78. The molecule has 0 radical (unpaired) electrons. The SMILES string of the molecule is CC(C)OCCC(CO)Cc1ccc(F)cc1. The molecule has 0 aliphatic heterocycles. The van der Waals surface area contributed by atoms with Crippen molar-refractivity contribution in [3.05, 3.63) is 35.6 Å². The highest BCUT2D eigenvalue weighted by atomic mass is 19.1. The minimum absolute atomic E-state index is 0.138. The fourth-order valence-electron chi connectivity index (χ4n) is 1.68. The van der Waals surface area contributed by atoms with Crippen LogP contribution in [0.5, 0.6) is 0 Å². The zero-order valence-electron chi connectivity index (χ0n) is 10.5. The second kappa shape index (κ2) is 7.41. The van der Waals surface area contributed by atoms with E-state index in [4.69, 9.17) is 4.74 Å². The van der Waals surface area contributed by atoms with Crippen LogP contribution < -0.4 is 0 Å². The number of hydrogen-bond acceptors (Lipinski definition) is 2. The monoisotopic (exact) mass is 240 g/mol. The Kier molecular flexibility index (Phi) is 6.16. The summed E-state index contributed by atoms with van der Waals surface area (Å²) in [4.78, 5) is 0. The van der Waals surface area contributed by atoms with Gasteiger partial charge < -0.3 is 9.84 Å². The third-order valence-corrected chi connectivity index (χ3v) is 2.67. The number of rotatable bonds is 7. The molecule has 0 aromatic heterocycles. The predicted octanol–water partition coefficient (Wildman–Crippen LogP) is 2.79. The number of benzene rings is 1. The van der Waals surface area contributed by atoms with Gasteiger partial charge in [-0.25, -0.2) is 4.39 Å². The maximum Gasteiger partial charge on any atom is 0.123 e. The molecule has 3 heteroatoms. The second-order valence-corrected chi connectivity index (χ2v) is 4.59. The van der Waals surface area contributed by atoms with Gasteiger partial charge in [-0.3, -0.25) is 0 Å². The molecule has 0 aliphatic rings. The van der Waals surface area contributed by atoms with E-state index in [1.165, 1.54) is 12.1 Å². The molecule has 0 spiro atoms.